The summed E-state index contributed by atoms with van der Waals surface area (Å²) in [6.07, 6.45) is 3.57. The third-order valence-electron chi connectivity index (χ3n) is 7.00. The van der Waals surface area contributed by atoms with Gasteiger partial charge in [-0.25, -0.2) is 27.8 Å². The average molecular weight is 730 g/mol. The summed E-state index contributed by atoms with van der Waals surface area (Å²) in [7, 11) is -1.42. The fourth-order valence-electron chi connectivity index (χ4n) is 4.75. The third-order valence-corrected chi connectivity index (χ3v) is 10.3. The number of methoxy groups -OCH3 is 1. The molecule has 0 amide bonds. The van der Waals surface area contributed by atoms with Crippen molar-refractivity contribution in [2.45, 2.75) is 32.8 Å². The van der Waals surface area contributed by atoms with E-state index in [9.17, 15) is 12.8 Å². The zero-order valence-electron chi connectivity index (χ0n) is 25.5. The quantitative estimate of drug-likeness (QED) is 0.102. The van der Waals surface area contributed by atoms with Crippen molar-refractivity contribution in [1.29, 1.82) is 0 Å². The minimum absolute atomic E-state index is 0.0551. The van der Waals surface area contributed by atoms with Crippen LogP contribution in [0.25, 0.3) is 22.2 Å². The van der Waals surface area contributed by atoms with Crippen molar-refractivity contribution in [2.75, 3.05) is 37.1 Å². The lowest BCUT2D eigenvalue weighted by molar-refractivity contribution is 0.146. The number of halogens is 2. The first-order valence-electron chi connectivity index (χ1n) is 14.7. The van der Waals surface area contributed by atoms with E-state index in [0.717, 1.165) is 50.2 Å². The molecule has 1 N–H and O–H groups in total. The second-order valence-electron chi connectivity index (χ2n) is 10.5. The van der Waals surface area contributed by atoms with Crippen LogP contribution >= 0.6 is 27.3 Å². The fourth-order valence-corrected chi connectivity index (χ4v) is 7.28. The molecular weight excluding hydrogens is 695 g/mol. The molecule has 0 bridgehead atoms. The van der Waals surface area contributed by atoms with Crippen molar-refractivity contribution in [3.63, 3.8) is 0 Å². The highest BCUT2D eigenvalue weighted by atomic mass is 79.9. The number of aromatic nitrogens is 3. The number of benzene rings is 3. The van der Waals surface area contributed by atoms with Crippen LogP contribution in [0.15, 0.2) is 70.8 Å². The molecule has 2 heterocycles. The Kier molecular flexibility index (Phi) is 11.6. The predicted molar refractivity (Wildman–Crippen MR) is 183 cm³/mol. The molecule has 0 saturated carbocycles. The van der Waals surface area contributed by atoms with E-state index in [-0.39, 0.29) is 30.5 Å². The van der Waals surface area contributed by atoms with Gasteiger partial charge in [0.05, 0.1) is 40.2 Å². The van der Waals surface area contributed by atoms with Crippen LogP contribution in [0, 0.1) is 5.82 Å². The maximum atomic E-state index is 13.5. The number of hydrogen-bond acceptors (Lipinski definition) is 10. The van der Waals surface area contributed by atoms with Gasteiger partial charge in [0.25, 0.3) is 0 Å². The van der Waals surface area contributed by atoms with Crippen molar-refractivity contribution in [3.8, 4) is 22.8 Å². The monoisotopic (exact) mass is 728 g/mol. The van der Waals surface area contributed by atoms with Gasteiger partial charge in [0.1, 0.15) is 36.1 Å². The topological polar surface area (TPSA) is 113 Å². The molecule has 0 unspecified atom stereocenters. The van der Waals surface area contributed by atoms with Gasteiger partial charge in [0, 0.05) is 46.9 Å². The fraction of sp³-hybridized carbons (Fsp3) is 0.303. The summed E-state index contributed by atoms with van der Waals surface area (Å²) < 4.78 is 55.1. The molecule has 2 aromatic heterocycles. The van der Waals surface area contributed by atoms with Gasteiger partial charge in [-0.15, -0.1) is 11.3 Å². The predicted octanol–water partition coefficient (Wildman–Crippen LogP) is 7.76. The minimum atomic E-state index is -3.03. The summed E-state index contributed by atoms with van der Waals surface area (Å²) in [5, 5.41) is 7.12. The molecule has 242 valence electrons. The SMILES string of the molecule is CCCS(=O)(=O)CCOCCCc1nc(-c2cc3c(Nc4ccc(OCc5cccc(F)c5)c(Br)c4)ncnc3cc2OC)cs1. The van der Waals surface area contributed by atoms with Crippen molar-refractivity contribution >= 4 is 59.5 Å². The molecule has 0 aliphatic carbocycles. The lowest BCUT2D eigenvalue weighted by Gasteiger charge is -2.13. The largest absolute Gasteiger partial charge is 0.496 e. The van der Waals surface area contributed by atoms with Gasteiger partial charge in [0.15, 0.2) is 9.84 Å². The van der Waals surface area contributed by atoms with Gasteiger partial charge in [-0.1, -0.05) is 19.1 Å². The van der Waals surface area contributed by atoms with Crippen molar-refractivity contribution < 1.29 is 27.0 Å². The molecule has 0 atom stereocenters. The lowest BCUT2D eigenvalue weighted by atomic mass is 10.1. The summed E-state index contributed by atoms with van der Waals surface area (Å²) in [4.78, 5) is 13.8. The summed E-state index contributed by atoms with van der Waals surface area (Å²) >= 11 is 5.13. The molecule has 3 aromatic carbocycles. The number of aryl methyl sites for hydroxylation is 1. The van der Waals surface area contributed by atoms with Crippen molar-refractivity contribution in [2.24, 2.45) is 0 Å². The molecule has 0 fully saturated rings. The number of rotatable bonds is 16. The van der Waals surface area contributed by atoms with Gasteiger partial charge in [-0.05, 0) is 70.7 Å². The molecule has 9 nitrogen and oxygen atoms in total. The molecule has 46 heavy (non-hydrogen) atoms. The van der Waals surface area contributed by atoms with Crippen LogP contribution in [-0.2, 0) is 27.6 Å². The maximum Gasteiger partial charge on any atom is 0.152 e. The molecule has 0 aliphatic rings. The summed E-state index contributed by atoms with van der Waals surface area (Å²) in [5.74, 6) is 1.83. The standard InChI is InChI=1S/C33H34BrFN4O5S2/c1-3-13-46(40,41)14-12-43-11-5-8-32-39-29(20-45-32)25-17-26-28(18-31(25)42-2)36-21-37-33(26)38-24-9-10-30(27(34)16-24)44-19-22-6-4-7-23(35)15-22/h4,6-7,9-10,15-18,20-21H,3,5,8,11-14,19H2,1-2H3,(H,36,37,38). The average Bonchev–Trinajstić information content (AvgIpc) is 3.50. The molecule has 0 aliphatic heterocycles. The van der Waals surface area contributed by atoms with E-state index in [1.807, 2.05) is 48.7 Å². The van der Waals surface area contributed by atoms with Gasteiger partial charge in [-0.3, -0.25) is 0 Å². The summed E-state index contributed by atoms with van der Waals surface area (Å²) in [6.45, 7) is 2.78. The molecular formula is C33H34BrFN4O5S2. The van der Waals surface area contributed by atoms with E-state index < -0.39 is 9.84 Å². The van der Waals surface area contributed by atoms with E-state index in [0.29, 0.717) is 35.9 Å². The Bertz CT molecular complexity index is 1900. The Balaban J connectivity index is 1.26. The van der Waals surface area contributed by atoms with E-state index in [4.69, 9.17) is 19.2 Å². The van der Waals surface area contributed by atoms with Crippen molar-refractivity contribution in [1.82, 2.24) is 15.0 Å². The van der Waals surface area contributed by atoms with Gasteiger partial charge >= 0.3 is 0 Å². The Morgan fingerprint density at radius 1 is 1.02 bits per heavy atom. The Labute approximate surface area is 280 Å². The zero-order valence-corrected chi connectivity index (χ0v) is 28.7. The molecule has 0 spiro atoms. The second-order valence-corrected chi connectivity index (χ2v) is 14.6. The zero-order chi connectivity index (χ0) is 32.5. The minimum Gasteiger partial charge on any atom is -0.496 e. The van der Waals surface area contributed by atoms with E-state index in [2.05, 4.69) is 31.2 Å². The smallest absolute Gasteiger partial charge is 0.152 e. The highest BCUT2D eigenvalue weighted by Crippen LogP contribution is 2.37. The number of sulfone groups is 1. The molecule has 5 aromatic rings. The maximum absolute atomic E-state index is 13.5. The first-order chi connectivity index (χ1) is 22.2. The molecule has 5 rings (SSSR count). The van der Waals surface area contributed by atoms with Gasteiger partial charge in [-0.2, -0.15) is 0 Å². The van der Waals surface area contributed by atoms with Crippen molar-refractivity contribution in [3.05, 3.63) is 87.2 Å². The Morgan fingerprint density at radius 2 is 1.89 bits per heavy atom. The summed E-state index contributed by atoms with van der Waals surface area (Å²) in [5.41, 5.74) is 3.82. The van der Waals surface area contributed by atoms with Crippen LogP contribution in [0.4, 0.5) is 15.9 Å². The molecule has 13 heteroatoms. The first-order valence-corrected chi connectivity index (χ1v) is 18.2. The number of nitrogens with zero attached hydrogens (tertiary/aromatic N) is 3. The number of nitrogens with one attached hydrogen (secondary N) is 1. The van der Waals surface area contributed by atoms with Crippen LogP contribution in [0.3, 0.4) is 0 Å². The normalized spacial score (nSPS) is 11.6. The van der Waals surface area contributed by atoms with Crippen LogP contribution in [0.2, 0.25) is 0 Å². The van der Waals surface area contributed by atoms with Crippen LogP contribution < -0.4 is 14.8 Å². The first kappa shape index (κ1) is 33.7. The number of thiazole rings is 1. The van der Waals surface area contributed by atoms with Gasteiger partial charge < -0.3 is 19.5 Å². The number of hydrogen-bond donors (Lipinski definition) is 1. The number of anilines is 2. The van der Waals surface area contributed by atoms with Gasteiger partial charge in [0.2, 0.25) is 0 Å². The molecule has 0 radical (unpaired) electrons. The van der Waals surface area contributed by atoms with Crippen LogP contribution in [-0.4, -0.2) is 55.2 Å². The molecule has 0 saturated heterocycles. The van der Waals surface area contributed by atoms with Crippen LogP contribution in [0.1, 0.15) is 30.3 Å². The van der Waals surface area contributed by atoms with E-state index in [1.165, 1.54) is 18.5 Å². The Morgan fingerprint density at radius 3 is 2.67 bits per heavy atom. The Hall–Kier alpha value is -3.65. The van der Waals surface area contributed by atoms with Crippen LogP contribution in [0.5, 0.6) is 11.5 Å². The number of ether oxygens (including phenoxy) is 3. The third kappa shape index (κ3) is 8.99. The number of fused-ring (bicyclic) bond motifs is 1. The van der Waals surface area contributed by atoms with E-state index in [1.54, 1.807) is 24.5 Å². The highest BCUT2D eigenvalue weighted by molar-refractivity contribution is 9.10. The summed E-state index contributed by atoms with van der Waals surface area (Å²) in [6, 6.07) is 15.8. The highest BCUT2D eigenvalue weighted by Gasteiger charge is 2.16. The van der Waals surface area contributed by atoms with E-state index >= 15 is 0 Å². The second kappa shape index (κ2) is 15.8. The lowest BCUT2D eigenvalue weighted by Crippen LogP contribution is -2.15.